The summed E-state index contributed by atoms with van der Waals surface area (Å²) >= 11 is 6.07. The number of halogens is 1. The van der Waals surface area contributed by atoms with Crippen LogP contribution < -0.4 is 10.2 Å². The van der Waals surface area contributed by atoms with Crippen LogP contribution in [0.3, 0.4) is 0 Å². The first-order valence-electron chi connectivity index (χ1n) is 12.8. The van der Waals surface area contributed by atoms with Gasteiger partial charge in [0.15, 0.2) is 5.82 Å². The Bertz CT molecular complexity index is 916. The van der Waals surface area contributed by atoms with E-state index in [4.69, 9.17) is 16.6 Å². The maximum atomic E-state index is 12.8. The lowest BCUT2D eigenvalue weighted by atomic mass is 10.1. The Balaban J connectivity index is 0.00000158. The Labute approximate surface area is 210 Å². The summed E-state index contributed by atoms with van der Waals surface area (Å²) in [7, 11) is 0. The Morgan fingerprint density at radius 3 is 2.38 bits per heavy atom. The predicted molar refractivity (Wildman–Crippen MR) is 143 cm³/mol. The van der Waals surface area contributed by atoms with E-state index >= 15 is 0 Å². The molecule has 4 rings (SSSR count). The van der Waals surface area contributed by atoms with Gasteiger partial charge in [-0.15, -0.1) is 0 Å². The molecule has 2 aliphatic rings. The molecule has 1 aromatic carbocycles. The SMILES string of the molecule is CC.Cc1cnc(N2CCCN(CCN3CCCCC3)CC2)c(NC(=O)c2cccc(Cl)c2)c1. The number of likely N-dealkylation sites (tertiary alicyclic amines) is 1. The fraction of sp³-hybridized carbons (Fsp3) is 0.556. The average Bonchev–Trinajstić information content (AvgIpc) is 3.10. The predicted octanol–water partition coefficient (Wildman–Crippen LogP) is 5.32. The van der Waals surface area contributed by atoms with Crippen LogP contribution >= 0.6 is 11.6 Å². The summed E-state index contributed by atoms with van der Waals surface area (Å²) in [6, 6.07) is 9.03. The number of rotatable bonds is 6. The molecule has 0 unspecified atom stereocenters. The highest BCUT2D eigenvalue weighted by molar-refractivity contribution is 6.31. The van der Waals surface area contributed by atoms with Crippen molar-refractivity contribution in [1.82, 2.24) is 14.8 Å². The summed E-state index contributed by atoms with van der Waals surface area (Å²) in [5.41, 5.74) is 2.33. The van der Waals surface area contributed by atoms with Crippen LogP contribution in [-0.4, -0.2) is 73.0 Å². The van der Waals surface area contributed by atoms with E-state index in [1.54, 1.807) is 24.3 Å². The van der Waals surface area contributed by atoms with Crippen molar-refractivity contribution in [2.24, 2.45) is 0 Å². The normalized spacial score (nSPS) is 17.5. The number of piperidine rings is 1. The van der Waals surface area contributed by atoms with Crippen molar-refractivity contribution >= 4 is 29.0 Å². The van der Waals surface area contributed by atoms with E-state index in [0.717, 1.165) is 56.2 Å². The second-order valence-electron chi connectivity index (χ2n) is 8.93. The topological polar surface area (TPSA) is 51.7 Å². The number of nitrogens with one attached hydrogen (secondary N) is 1. The van der Waals surface area contributed by atoms with Crippen LogP contribution in [0.15, 0.2) is 36.5 Å². The molecular weight excluding hydrogens is 446 g/mol. The largest absolute Gasteiger partial charge is 0.354 e. The van der Waals surface area contributed by atoms with Crippen LogP contribution in [0.25, 0.3) is 0 Å². The van der Waals surface area contributed by atoms with Gasteiger partial charge in [-0.2, -0.15) is 0 Å². The number of pyridine rings is 1. The number of aromatic nitrogens is 1. The standard InChI is InChI=1S/C25H34ClN5O.C2H6/c1-20-17-23(28-25(32)21-7-5-8-22(26)18-21)24(27-19-20)31-12-6-11-30(15-16-31)14-13-29-9-3-2-4-10-29;1-2/h5,7-8,17-19H,2-4,6,9-16H2,1H3,(H,28,32);1-2H3. The highest BCUT2D eigenvalue weighted by Crippen LogP contribution is 2.26. The number of hydrogen-bond donors (Lipinski definition) is 1. The van der Waals surface area contributed by atoms with Gasteiger partial charge in [0.1, 0.15) is 0 Å². The summed E-state index contributed by atoms with van der Waals surface area (Å²) < 4.78 is 0. The molecule has 3 heterocycles. The molecule has 6 nitrogen and oxygen atoms in total. The summed E-state index contributed by atoms with van der Waals surface area (Å²) in [6.45, 7) is 14.8. The van der Waals surface area contributed by atoms with E-state index in [1.807, 2.05) is 33.0 Å². The van der Waals surface area contributed by atoms with Crippen molar-refractivity contribution in [3.05, 3.63) is 52.7 Å². The lowest BCUT2D eigenvalue weighted by Crippen LogP contribution is -2.39. The first-order valence-corrected chi connectivity index (χ1v) is 13.2. The first-order chi connectivity index (χ1) is 16.6. The number of hydrogen-bond acceptors (Lipinski definition) is 5. The Morgan fingerprint density at radius 2 is 1.65 bits per heavy atom. The number of aryl methyl sites for hydroxylation is 1. The molecular formula is C27H40ClN5O. The van der Waals surface area contributed by atoms with Crippen LogP contribution in [0.2, 0.25) is 5.02 Å². The van der Waals surface area contributed by atoms with Crippen molar-refractivity contribution < 1.29 is 4.79 Å². The third kappa shape index (κ3) is 7.69. The highest BCUT2D eigenvalue weighted by atomic mass is 35.5. The summed E-state index contributed by atoms with van der Waals surface area (Å²) in [5.74, 6) is 0.683. The van der Waals surface area contributed by atoms with Gasteiger partial charge >= 0.3 is 0 Å². The Morgan fingerprint density at radius 1 is 0.941 bits per heavy atom. The number of amides is 1. The van der Waals surface area contributed by atoms with Gasteiger partial charge in [-0.3, -0.25) is 4.79 Å². The molecule has 186 valence electrons. The fourth-order valence-corrected chi connectivity index (χ4v) is 4.79. The van der Waals surface area contributed by atoms with Gasteiger partial charge in [0.25, 0.3) is 5.91 Å². The Kier molecular flexibility index (Phi) is 10.6. The zero-order valence-electron chi connectivity index (χ0n) is 21.0. The summed E-state index contributed by atoms with van der Waals surface area (Å²) in [5, 5.41) is 3.62. The molecule has 2 aromatic rings. The van der Waals surface area contributed by atoms with E-state index in [9.17, 15) is 4.79 Å². The zero-order chi connectivity index (χ0) is 24.3. The molecule has 1 aromatic heterocycles. The molecule has 2 aliphatic heterocycles. The van der Waals surface area contributed by atoms with Crippen LogP contribution in [0.5, 0.6) is 0 Å². The average molecular weight is 486 g/mol. The minimum atomic E-state index is -0.167. The quantitative estimate of drug-likeness (QED) is 0.600. The van der Waals surface area contributed by atoms with Gasteiger partial charge in [0, 0.05) is 49.5 Å². The molecule has 0 bridgehead atoms. The van der Waals surface area contributed by atoms with Gasteiger partial charge in [-0.1, -0.05) is 37.9 Å². The monoisotopic (exact) mass is 485 g/mol. The second-order valence-corrected chi connectivity index (χ2v) is 9.37. The molecule has 0 atom stereocenters. The van der Waals surface area contributed by atoms with Crippen LogP contribution in [0.4, 0.5) is 11.5 Å². The molecule has 1 N–H and O–H groups in total. The molecule has 2 fully saturated rings. The van der Waals surface area contributed by atoms with Crippen molar-refractivity contribution in [3.8, 4) is 0 Å². The molecule has 7 heteroatoms. The number of carbonyl (C=O) groups excluding carboxylic acids is 1. The summed E-state index contributed by atoms with van der Waals surface area (Å²) in [4.78, 5) is 25.0. The fourth-order valence-electron chi connectivity index (χ4n) is 4.60. The van der Waals surface area contributed by atoms with Gasteiger partial charge in [0.05, 0.1) is 5.69 Å². The van der Waals surface area contributed by atoms with Crippen LogP contribution in [0.1, 0.15) is 55.5 Å². The minimum Gasteiger partial charge on any atom is -0.354 e. The van der Waals surface area contributed by atoms with E-state index < -0.39 is 0 Å². The number of nitrogens with zero attached hydrogens (tertiary/aromatic N) is 4. The lowest BCUT2D eigenvalue weighted by Gasteiger charge is -2.29. The van der Waals surface area contributed by atoms with E-state index in [2.05, 4.69) is 20.0 Å². The molecule has 1 amide bonds. The maximum absolute atomic E-state index is 12.8. The van der Waals surface area contributed by atoms with Crippen molar-refractivity contribution in [2.45, 2.75) is 46.5 Å². The van der Waals surface area contributed by atoms with Crippen molar-refractivity contribution in [2.75, 3.05) is 62.6 Å². The molecule has 0 spiro atoms. The maximum Gasteiger partial charge on any atom is 0.255 e. The van der Waals surface area contributed by atoms with Crippen LogP contribution in [0, 0.1) is 6.92 Å². The number of anilines is 2. The highest BCUT2D eigenvalue weighted by Gasteiger charge is 2.21. The smallest absolute Gasteiger partial charge is 0.255 e. The van der Waals surface area contributed by atoms with E-state index in [-0.39, 0.29) is 5.91 Å². The van der Waals surface area contributed by atoms with Gasteiger partial charge < -0.3 is 20.0 Å². The van der Waals surface area contributed by atoms with Crippen LogP contribution in [-0.2, 0) is 0 Å². The molecule has 2 saturated heterocycles. The molecule has 0 saturated carbocycles. The van der Waals surface area contributed by atoms with Gasteiger partial charge in [0.2, 0.25) is 0 Å². The van der Waals surface area contributed by atoms with Gasteiger partial charge in [-0.25, -0.2) is 4.98 Å². The zero-order valence-corrected chi connectivity index (χ0v) is 21.8. The molecule has 34 heavy (non-hydrogen) atoms. The van der Waals surface area contributed by atoms with Gasteiger partial charge in [-0.05, 0) is 75.6 Å². The third-order valence-corrected chi connectivity index (χ3v) is 6.64. The lowest BCUT2D eigenvalue weighted by molar-refractivity contribution is 0.102. The molecule has 0 radical (unpaired) electrons. The minimum absolute atomic E-state index is 0.167. The van der Waals surface area contributed by atoms with Crippen molar-refractivity contribution in [1.29, 1.82) is 0 Å². The second kappa shape index (κ2) is 13.7. The number of benzene rings is 1. The van der Waals surface area contributed by atoms with E-state index in [0.29, 0.717) is 10.6 Å². The molecule has 0 aliphatic carbocycles. The van der Waals surface area contributed by atoms with E-state index in [1.165, 1.54) is 38.9 Å². The first kappa shape index (κ1) is 26.5. The third-order valence-electron chi connectivity index (χ3n) is 6.41. The Hall–Kier alpha value is -2.15. The van der Waals surface area contributed by atoms with Crippen molar-refractivity contribution in [3.63, 3.8) is 0 Å². The summed E-state index contributed by atoms with van der Waals surface area (Å²) in [6.07, 6.45) is 7.04. The number of carbonyl (C=O) groups is 1.